The number of hydrogen-bond donors (Lipinski definition) is 1. The van der Waals surface area contributed by atoms with E-state index in [1.165, 1.54) is 19.8 Å². The van der Waals surface area contributed by atoms with Crippen LogP contribution >= 0.6 is 22.7 Å². The largest absolute Gasteiger partial charge is 0.306 e. The third-order valence-corrected chi connectivity index (χ3v) is 5.14. The van der Waals surface area contributed by atoms with Crippen LogP contribution in [0.25, 0.3) is 9.40 Å². The van der Waals surface area contributed by atoms with E-state index < -0.39 is 0 Å². The zero-order chi connectivity index (χ0) is 12.4. The van der Waals surface area contributed by atoms with Crippen molar-refractivity contribution in [1.29, 1.82) is 0 Å². The quantitative estimate of drug-likeness (QED) is 0.729. The monoisotopic (exact) mass is 273 g/mol. The fourth-order valence-corrected chi connectivity index (χ4v) is 4.38. The van der Waals surface area contributed by atoms with E-state index in [1.54, 1.807) is 0 Å². The summed E-state index contributed by atoms with van der Waals surface area (Å²) >= 11 is 3.72. The van der Waals surface area contributed by atoms with Crippen molar-refractivity contribution in [1.82, 2.24) is 5.32 Å². The van der Waals surface area contributed by atoms with Gasteiger partial charge in [-0.05, 0) is 29.6 Å². The first-order valence-electron chi connectivity index (χ1n) is 6.13. The van der Waals surface area contributed by atoms with Crippen molar-refractivity contribution >= 4 is 32.1 Å². The van der Waals surface area contributed by atoms with Crippen molar-refractivity contribution in [2.75, 3.05) is 6.54 Å². The van der Waals surface area contributed by atoms with Gasteiger partial charge in [0.15, 0.2) is 0 Å². The van der Waals surface area contributed by atoms with Crippen molar-refractivity contribution in [2.24, 2.45) is 0 Å². The van der Waals surface area contributed by atoms with Gasteiger partial charge in [0.05, 0.1) is 6.04 Å². The summed E-state index contributed by atoms with van der Waals surface area (Å²) in [6, 6.07) is 15.5. The van der Waals surface area contributed by atoms with Gasteiger partial charge in [0.1, 0.15) is 0 Å². The smallest absolute Gasteiger partial charge is 0.0671 e. The summed E-state index contributed by atoms with van der Waals surface area (Å²) in [5.74, 6) is 0. The van der Waals surface area contributed by atoms with Crippen LogP contribution in [-0.2, 0) is 0 Å². The van der Waals surface area contributed by atoms with Gasteiger partial charge >= 0.3 is 0 Å². The maximum Gasteiger partial charge on any atom is 0.0671 e. The molecule has 18 heavy (non-hydrogen) atoms. The van der Waals surface area contributed by atoms with Crippen LogP contribution in [0.15, 0.2) is 47.8 Å². The van der Waals surface area contributed by atoms with E-state index in [1.807, 2.05) is 22.7 Å². The van der Waals surface area contributed by atoms with Crippen molar-refractivity contribution in [2.45, 2.75) is 13.0 Å². The predicted molar refractivity (Wildman–Crippen MR) is 81.7 cm³/mol. The van der Waals surface area contributed by atoms with Crippen molar-refractivity contribution in [3.63, 3.8) is 0 Å². The molecule has 1 unspecified atom stereocenters. The van der Waals surface area contributed by atoms with Gasteiger partial charge in [-0.15, -0.1) is 22.7 Å². The van der Waals surface area contributed by atoms with E-state index in [4.69, 9.17) is 0 Å². The zero-order valence-corrected chi connectivity index (χ0v) is 11.9. The van der Waals surface area contributed by atoms with Crippen LogP contribution < -0.4 is 5.32 Å². The van der Waals surface area contributed by atoms with E-state index >= 15 is 0 Å². The Morgan fingerprint density at radius 3 is 2.67 bits per heavy atom. The Labute approximate surface area is 115 Å². The molecule has 1 N–H and O–H groups in total. The van der Waals surface area contributed by atoms with Crippen LogP contribution in [0, 0.1) is 0 Å². The lowest BCUT2D eigenvalue weighted by molar-refractivity contribution is 0.640. The highest BCUT2D eigenvalue weighted by Gasteiger charge is 2.15. The summed E-state index contributed by atoms with van der Waals surface area (Å²) in [5, 5.41) is 5.74. The minimum absolute atomic E-state index is 0.320. The Bertz CT molecular complexity index is 596. The first-order chi connectivity index (χ1) is 8.88. The fraction of sp³-hybridized carbons (Fsp3) is 0.200. The minimum atomic E-state index is 0.320. The van der Waals surface area contributed by atoms with Crippen LogP contribution in [0.1, 0.15) is 23.4 Å². The van der Waals surface area contributed by atoms with E-state index in [9.17, 15) is 0 Å². The Morgan fingerprint density at radius 2 is 1.94 bits per heavy atom. The van der Waals surface area contributed by atoms with Crippen LogP contribution in [-0.4, -0.2) is 6.54 Å². The molecule has 0 aliphatic carbocycles. The molecule has 0 amide bonds. The molecule has 92 valence electrons. The lowest BCUT2D eigenvalue weighted by Gasteiger charge is -2.16. The molecule has 3 rings (SSSR count). The third kappa shape index (κ3) is 2.21. The minimum Gasteiger partial charge on any atom is -0.306 e. The highest BCUT2D eigenvalue weighted by atomic mass is 32.1. The molecule has 3 heteroatoms. The summed E-state index contributed by atoms with van der Waals surface area (Å²) in [7, 11) is 0. The molecule has 1 aromatic carbocycles. The van der Waals surface area contributed by atoms with Crippen LogP contribution in [0.3, 0.4) is 0 Å². The predicted octanol–water partition coefficient (Wildman–Crippen LogP) is 4.66. The highest BCUT2D eigenvalue weighted by molar-refractivity contribution is 7.27. The topological polar surface area (TPSA) is 12.0 Å². The van der Waals surface area contributed by atoms with Crippen LogP contribution in [0.4, 0.5) is 0 Å². The van der Waals surface area contributed by atoms with Crippen molar-refractivity contribution < 1.29 is 0 Å². The maximum absolute atomic E-state index is 3.58. The summed E-state index contributed by atoms with van der Waals surface area (Å²) in [4.78, 5) is 1.41. The van der Waals surface area contributed by atoms with E-state index in [0.29, 0.717) is 6.04 Å². The number of rotatable bonds is 4. The molecule has 0 fully saturated rings. The van der Waals surface area contributed by atoms with Gasteiger partial charge in [0.25, 0.3) is 0 Å². The van der Waals surface area contributed by atoms with E-state index in [-0.39, 0.29) is 0 Å². The second-order valence-corrected chi connectivity index (χ2v) is 6.26. The molecule has 0 saturated heterocycles. The van der Waals surface area contributed by atoms with Gasteiger partial charge in [-0.3, -0.25) is 0 Å². The Kier molecular flexibility index (Phi) is 3.46. The van der Waals surface area contributed by atoms with Gasteiger partial charge in [0, 0.05) is 14.3 Å². The first kappa shape index (κ1) is 11.9. The Balaban J connectivity index is 2.01. The van der Waals surface area contributed by atoms with Crippen molar-refractivity contribution in [3.05, 3.63) is 58.3 Å². The summed E-state index contributed by atoms with van der Waals surface area (Å²) in [6.45, 7) is 3.14. The zero-order valence-electron chi connectivity index (χ0n) is 10.2. The second kappa shape index (κ2) is 5.22. The second-order valence-electron chi connectivity index (χ2n) is 4.20. The van der Waals surface area contributed by atoms with Crippen molar-refractivity contribution in [3.8, 4) is 0 Å². The molecule has 0 radical (unpaired) electrons. The lowest BCUT2D eigenvalue weighted by Crippen LogP contribution is -2.20. The van der Waals surface area contributed by atoms with Gasteiger partial charge in [-0.1, -0.05) is 37.3 Å². The van der Waals surface area contributed by atoms with Crippen LogP contribution in [0.2, 0.25) is 0 Å². The number of thiophene rings is 2. The van der Waals surface area contributed by atoms with Gasteiger partial charge in [-0.2, -0.15) is 0 Å². The number of nitrogens with one attached hydrogen (secondary N) is 1. The summed E-state index contributed by atoms with van der Waals surface area (Å²) in [5.41, 5.74) is 1.34. The molecule has 2 aromatic heterocycles. The third-order valence-electron chi connectivity index (χ3n) is 2.98. The Morgan fingerprint density at radius 1 is 1.11 bits per heavy atom. The number of hydrogen-bond acceptors (Lipinski definition) is 3. The number of benzene rings is 1. The normalized spacial score (nSPS) is 12.9. The van der Waals surface area contributed by atoms with E-state index in [2.05, 4.69) is 60.1 Å². The highest BCUT2D eigenvalue weighted by Crippen LogP contribution is 2.35. The molecule has 2 heterocycles. The van der Waals surface area contributed by atoms with Gasteiger partial charge in [-0.25, -0.2) is 0 Å². The molecular formula is C15H15NS2. The Hall–Kier alpha value is -1.16. The molecule has 0 spiro atoms. The molecule has 1 atom stereocenters. The molecule has 3 aromatic rings. The number of fused-ring (bicyclic) bond motifs is 1. The van der Waals surface area contributed by atoms with Gasteiger partial charge < -0.3 is 5.32 Å². The molecule has 1 nitrogen and oxygen atoms in total. The molecular weight excluding hydrogens is 258 g/mol. The summed E-state index contributed by atoms with van der Waals surface area (Å²) in [6.07, 6.45) is 0. The lowest BCUT2D eigenvalue weighted by atomic mass is 10.1. The fourth-order valence-electron chi connectivity index (χ4n) is 2.16. The molecule has 0 aliphatic heterocycles. The standard InChI is InChI=1S/C15H15NS2/c1-2-16-15(11-6-4-3-5-7-11)14-10-13-12(18-14)8-9-17-13/h3-10,15-16H,2H2,1H3. The molecule has 0 bridgehead atoms. The van der Waals surface area contributed by atoms with Gasteiger partial charge in [0.2, 0.25) is 0 Å². The molecule has 0 saturated carbocycles. The average Bonchev–Trinajstić information content (AvgIpc) is 2.97. The molecule has 0 aliphatic rings. The van der Waals surface area contributed by atoms with Crippen LogP contribution in [0.5, 0.6) is 0 Å². The SMILES string of the molecule is CCNC(c1ccccc1)c1cc2sccc2s1. The van der Waals surface area contributed by atoms with E-state index in [0.717, 1.165) is 6.54 Å². The summed E-state index contributed by atoms with van der Waals surface area (Å²) < 4.78 is 2.79. The first-order valence-corrected chi connectivity index (χ1v) is 7.83. The average molecular weight is 273 g/mol. The maximum atomic E-state index is 3.58.